The predicted molar refractivity (Wildman–Crippen MR) is 85.0 cm³/mol. The molecule has 0 aromatic carbocycles. The lowest BCUT2D eigenvalue weighted by atomic mass is 10.2. The van der Waals surface area contributed by atoms with Gasteiger partial charge in [0.05, 0.1) is 31.2 Å². The van der Waals surface area contributed by atoms with Gasteiger partial charge in [-0.25, -0.2) is 0 Å². The highest BCUT2D eigenvalue weighted by atomic mass is 32.2. The summed E-state index contributed by atoms with van der Waals surface area (Å²) in [5.74, 6) is 1.82. The summed E-state index contributed by atoms with van der Waals surface area (Å²) in [6.45, 7) is 3.88. The van der Waals surface area contributed by atoms with Gasteiger partial charge in [0.1, 0.15) is 11.6 Å². The molecule has 1 atom stereocenters. The molecule has 0 bridgehead atoms. The van der Waals surface area contributed by atoms with Crippen molar-refractivity contribution < 1.29 is 13.9 Å². The molecule has 8 heteroatoms. The van der Waals surface area contributed by atoms with Gasteiger partial charge in [-0.2, -0.15) is 0 Å². The number of hydrogen-bond donors (Lipinski definition) is 1. The molecule has 0 aliphatic carbocycles. The fraction of sp³-hybridized carbons (Fsp3) is 0.533. The zero-order valence-electron chi connectivity index (χ0n) is 13.0. The van der Waals surface area contributed by atoms with Crippen LogP contribution in [0.2, 0.25) is 0 Å². The molecule has 3 rings (SSSR count). The van der Waals surface area contributed by atoms with E-state index in [0.29, 0.717) is 12.3 Å². The molecule has 1 fully saturated rings. The van der Waals surface area contributed by atoms with Crippen LogP contribution in [-0.4, -0.2) is 39.1 Å². The number of rotatable bonds is 7. The first-order valence-electron chi connectivity index (χ1n) is 7.65. The number of nitrogens with zero attached hydrogens (tertiary/aromatic N) is 3. The van der Waals surface area contributed by atoms with Crippen LogP contribution in [0.1, 0.15) is 24.4 Å². The third-order valence-corrected chi connectivity index (χ3v) is 4.65. The monoisotopic (exact) mass is 336 g/mol. The molecule has 0 saturated carbocycles. The van der Waals surface area contributed by atoms with Crippen LogP contribution in [0.3, 0.4) is 0 Å². The molecule has 1 unspecified atom stereocenters. The molecule has 1 saturated heterocycles. The summed E-state index contributed by atoms with van der Waals surface area (Å²) in [5.41, 5.74) is 0. The Morgan fingerprint density at radius 2 is 2.43 bits per heavy atom. The lowest BCUT2D eigenvalue weighted by molar-refractivity contribution is -0.118. The number of hydrogen-bond acceptors (Lipinski definition) is 6. The Hall–Kier alpha value is -1.80. The minimum Gasteiger partial charge on any atom is -0.467 e. The first kappa shape index (κ1) is 16.1. The van der Waals surface area contributed by atoms with Crippen molar-refractivity contribution in [3.63, 3.8) is 0 Å². The summed E-state index contributed by atoms with van der Waals surface area (Å²) < 4.78 is 12.9. The molecule has 3 heterocycles. The lowest BCUT2D eigenvalue weighted by Crippen LogP contribution is -2.24. The standard InChI is InChI=1S/C15H20N4O3S/c1-11-17-18-15(19(11)9-13-5-3-7-22-13)23-10-14(20)16-8-12-4-2-6-21-12/h2,4,6,13H,3,5,7-10H2,1H3,(H,16,20). The molecule has 1 amide bonds. The van der Waals surface area contributed by atoms with Crippen molar-refractivity contribution in [3.05, 3.63) is 30.0 Å². The molecule has 2 aromatic rings. The van der Waals surface area contributed by atoms with Crippen molar-refractivity contribution in [1.82, 2.24) is 20.1 Å². The predicted octanol–water partition coefficient (Wildman–Crippen LogP) is 1.77. The molecule has 1 aliphatic rings. The summed E-state index contributed by atoms with van der Waals surface area (Å²) >= 11 is 1.39. The Kier molecular flexibility index (Phi) is 5.35. The zero-order valence-corrected chi connectivity index (χ0v) is 13.8. The van der Waals surface area contributed by atoms with Crippen LogP contribution in [-0.2, 0) is 22.6 Å². The molecular formula is C15H20N4O3S. The number of thioether (sulfide) groups is 1. The van der Waals surface area contributed by atoms with Crippen LogP contribution >= 0.6 is 11.8 Å². The molecule has 23 heavy (non-hydrogen) atoms. The second kappa shape index (κ2) is 7.65. The highest BCUT2D eigenvalue weighted by Gasteiger charge is 2.20. The van der Waals surface area contributed by atoms with Crippen LogP contribution in [0.5, 0.6) is 0 Å². The zero-order chi connectivity index (χ0) is 16.1. The summed E-state index contributed by atoms with van der Waals surface area (Å²) in [5, 5.41) is 11.8. The minimum absolute atomic E-state index is 0.0595. The maximum atomic E-state index is 11.9. The fourth-order valence-electron chi connectivity index (χ4n) is 2.45. The van der Waals surface area contributed by atoms with Crippen molar-refractivity contribution in [2.75, 3.05) is 12.4 Å². The topological polar surface area (TPSA) is 82.2 Å². The van der Waals surface area contributed by atoms with Crippen molar-refractivity contribution >= 4 is 17.7 Å². The van der Waals surface area contributed by atoms with E-state index >= 15 is 0 Å². The van der Waals surface area contributed by atoms with Crippen LogP contribution in [0.4, 0.5) is 0 Å². The molecule has 0 radical (unpaired) electrons. The van der Waals surface area contributed by atoms with Crippen molar-refractivity contribution in [2.45, 2.75) is 44.1 Å². The number of amides is 1. The van der Waals surface area contributed by atoms with E-state index in [1.165, 1.54) is 11.8 Å². The van der Waals surface area contributed by atoms with Crippen LogP contribution in [0, 0.1) is 6.92 Å². The van der Waals surface area contributed by atoms with Gasteiger partial charge in [-0.05, 0) is 31.9 Å². The molecule has 1 N–H and O–H groups in total. The van der Waals surface area contributed by atoms with E-state index in [-0.39, 0.29) is 12.0 Å². The number of furan rings is 1. The van der Waals surface area contributed by atoms with E-state index < -0.39 is 0 Å². The van der Waals surface area contributed by atoms with Gasteiger partial charge >= 0.3 is 0 Å². The van der Waals surface area contributed by atoms with Crippen LogP contribution < -0.4 is 5.32 Å². The first-order valence-corrected chi connectivity index (χ1v) is 8.64. The van der Waals surface area contributed by atoms with Gasteiger partial charge in [-0.1, -0.05) is 11.8 Å². The van der Waals surface area contributed by atoms with E-state index in [2.05, 4.69) is 15.5 Å². The highest BCUT2D eigenvalue weighted by Crippen LogP contribution is 2.20. The van der Waals surface area contributed by atoms with E-state index in [9.17, 15) is 4.79 Å². The molecule has 0 spiro atoms. The number of nitrogens with one attached hydrogen (secondary N) is 1. The van der Waals surface area contributed by atoms with Gasteiger partial charge in [-0.15, -0.1) is 10.2 Å². The van der Waals surface area contributed by atoms with E-state index in [0.717, 1.165) is 42.7 Å². The maximum absolute atomic E-state index is 11.9. The molecule has 1 aliphatic heterocycles. The highest BCUT2D eigenvalue weighted by molar-refractivity contribution is 7.99. The average molecular weight is 336 g/mol. The Morgan fingerprint density at radius 1 is 1.52 bits per heavy atom. The number of carbonyl (C=O) groups excluding carboxylic acids is 1. The van der Waals surface area contributed by atoms with Crippen LogP contribution in [0.15, 0.2) is 28.0 Å². The van der Waals surface area contributed by atoms with Crippen LogP contribution in [0.25, 0.3) is 0 Å². The third-order valence-electron chi connectivity index (χ3n) is 3.68. The Morgan fingerprint density at radius 3 is 3.17 bits per heavy atom. The first-order chi connectivity index (χ1) is 11.2. The number of aromatic nitrogens is 3. The smallest absolute Gasteiger partial charge is 0.230 e. The maximum Gasteiger partial charge on any atom is 0.230 e. The van der Waals surface area contributed by atoms with Crippen molar-refractivity contribution in [1.29, 1.82) is 0 Å². The molecule has 7 nitrogen and oxygen atoms in total. The van der Waals surface area contributed by atoms with Gasteiger partial charge < -0.3 is 19.0 Å². The normalized spacial score (nSPS) is 17.5. The van der Waals surface area contributed by atoms with Gasteiger partial charge in [-0.3, -0.25) is 4.79 Å². The molecule has 124 valence electrons. The van der Waals surface area contributed by atoms with Gasteiger partial charge in [0.25, 0.3) is 0 Å². The van der Waals surface area contributed by atoms with Crippen molar-refractivity contribution in [2.24, 2.45) is 0 Å². The second-order valence-electron chi connectivity index (χ2n) is 5.42. The van der Waals surface area contributed by atoms with Gasteiger partial charge in [0.2, 0.25) is 5.91 Å². The Bertz CT molecular complexity index is 635. The Labute approximate surface area is 138 Å². The summed E-state index contributed by atoms with van der Waals surface area (Å²) in [4.78, 5) is 11.9. The second-order valence-corrected chi connectivity index (χ2v) is 6.36. The van der Waals surface area contributed by atoms with Crippen molar-refractivity contribution in [3.8, 4) is 0 Å². The largest absolute Gasteiger partial charge is 0.467 e. The Balaban J connectivity index is 1.50. The number of aryl methyl sites for hydroxylation is 1. The van der Waals surface area contributed by atoms with E-state index in [1.54, 1.807) is 12.3 Å². The lowest BCUT2D eigenvalue weighted by Gasteiger charge is -2.13. The molecular weight excluding hydrogens is 316 g/mol. The van der Waals surface area contributed by atoms with Gasteiger partial charge in [0, 0.05) is 6.61 Å². The summed E-state index contributed by atoms with van der Waals surface area (Å²) in [7, 11) is 0. The summed E-state index contributed by atoms with van der Waals surface area (Å²) in [6, 6.07) is 3.63. The van der Waals surface area contributed by atoms with E-state index in [4.69, 9.17) is 9.15 Å². The van der Waals surface area contributed by atoms with Gasteiger partial charge in [0.15, 0.2) is 5.16 Å². The average Bonchev–Trinajstić information content (AvgIpc) is 3.28. The SMILES string of the molecule is Cc1nnc(SCC(=O)NCc2ccco2)n1CC1CCCO1. The fourth-order valence-corrected chi connectivity index (χ4v) is 3.27. The quantitative estimate of drug-likeness (QED) is 0.776. The minimum atomic E-state index is -0.0595. The van der Waals surface area contributed by atoms with E-state index in [1.807, 2.05) is 17.6 Å². The number of carbonyl (C=O) groups is 1. The summed E-state index contributed by atoms with van der Waals surface area (Å²) in [6.07, 6.45) is 3.97. The molecule has 2 aromatic heterocycles. The number of ether oxygens (including phenoxy) is 1. The third kappa shape index (κ3) is 4.35.